The fourth-order valence-electron chi connectivity index (χ4n) is 1.82. The number of nitrogens with two attached hydrogens (primary N) is 1. The molecule has 112 valence electrons. The van der Waals surface area contributed by atoms with Gasteiger partial charge in [0.05, 0.1) is 0 Å². The third-order valence-corrected chi connectivity index (χ3v) is 3.01. The van der Waals surface area contributed by atoms with Gasteiger partial charge in [0.1, 0.15) is 5.75 Å². The molecule has 0 saturated carbocycles. The number of hydrogen-bond acceptors (Lipinski definition) is 3. The fraction of sp³-hybridized carbons (Fsp3) is 0.562. The maximum atomic E-state index is 11.9. The molecule has 2 atom stereocenters. The van der Waals surface area contributed by atoms with E-state index in [2.05, 4.69) is 19.2 Å². The SMILES string of the molecule is Cc1ccc(OC(C)C(=O)NCC(C)C)c([C@H](C)N)c1. The van der Waals surface area contributed by atoms with Crippen molar-refractivity contribution in [2.24, 2.45) is 11.7 Å². The van der Waals surface area contributed by atoms with Gasteiger partial charge in [-0.1, -0.05) is 31.5 Å². The molecule has 1 amide bonds. The molecule has 3 N–H and O–H groups in total. The van der Waals surface area contributed by atoms with E-state index in [0.717, 1.165) is 11.1 Å². The highest BCUT2D eigenvalue weighted by molar-refractivity contribution is 5.80. The second kappa shape index (κ2) is 7.29. The molecular weight excluding hydrogens is 252 g/mol. The molecule has 0 heterocycles. The number of hydrogen-bond donors (Lipinski definition) is 2. The number of benzene rings is 1. The van der Waals surface area contributed by atoms with E-state index in [0.29, 0.717) is 18.2 Å². The fourth-order valence-corrected chi connectivity index (χ4v) is 1.82. The third-order valence-electron chi connectivity index (χ3n) is 3.01. The van der Waals surface area contributed by atoms with Crippen LogP contribution in [0.5, 0.6) is 5.75 Å². The molecule has 1 rings (SSSR count). The van der Waals surface area contributed by atoms with Crippen molar-refractivity contribution < 1.29 is 9.53 Å². The lowest BCUT2D eigenvalue weighted by Gasteiger charge is -2.19. The molecule has 0 aliphatic rings. The maximum Gasteiger partial charge on any atom is 0.260 e. The van der Waals surface area contributed by atoms with Crippen molar-refractivity contribution in [2.45, 2.75) is 46.8 Å². The van der Waals surface area contributed by atoms with Crippen LogP contribution >= 0.6 is 0 Å². The summed E-state index contributed by atoms with van der Waals surface area (Å²) in [5.74, 6) is 0.998. The first-order chi connectivity index (χ1) is 9.31. The van der Waals surface area contributed by atoms with Gasteiger partial charge in [0.2, 0.25) is 0 Å². The largest absolute Gasteiger partial charge is 0.481 e. The van der Waals surface area contributed by atoms with Crippen LogP contribution < -0.4 is 15.8 Å². The van der Waals surface area contributed by atoms with Crippen molar-refractivity contribution in [3.8, 4) is 5.75 Å². The minimum Gasteiger partial charge on any atom is -0.481 e. The molecule has 1 aromatic carbocycles. The van der Waals surface area contributed by atoms with E-state index >= 15 is 0 Å². The maximum absolute atomic E-state index is 11.9. The first kappa shape index (κ1) is 16.5. The zero-order valence-corrected chi connectivity index (χ0v) is 13.1. The Kier molecular flexibility index (Phi) is 6.02. The number of nitrogens with one attached hydrogen (secondary N) is 1. The van der Waals surface area contributed by atoms with Crippen LogP contribution in [0.2, 0.25) is 0 Å². The van der Waals surface area contributed by atoms with Crippen molar-refractivity contribution in [3.05, 3.63) is 29.3 Å². The predicted octanol–water partition coefficient (Wildman–Crippen LogP) is 2.55. The highest BCUT2D eigenvalue weighted by Crippen LogP contribution is 2.25. The van der Waals surface area contributed by atoms with Crippen molar-refractivity contribution >= 4 is 5.91 Å². The summed E-state index contributed by atoms with van der Waals surface area (Å²) in [4.78, 5) is 11.9. The lowest BCUT2D eigenvalue weighted by atomic mass is 10.1. The molecule has 0 fully saturated rings. The Balaban J connectivity index is 2.75. The van der Waals surface area contributed by atoms with Crippen LogP contribution in [-0.2, 0) is 4.79 Å². The summed E-state index contributed by atoms with van der Waals surface area (Å²) in [5.41, 5.74) is 8.00. The summed E-state index contributed by atoms with van der Waals surface area (Å²) >= 11 is 0. The zero-order valence-electron chi connectivity index (χ0n) is 13.1. The molecule has 0 aliphatic carbocycles. The summed E-state index contributed by atoms with van der Waals surface area (Å²) in [7, 11) is 0. The molecule has 0 aromatic heterocycles. The number of carbonyl (C=O) groups is 1. The van der Waals surface area contributed by atoms with Crippen molar-refractivity contribution in [1.29, 1.82) is 0 Å². The van der Waals surface area contributed by atoms with Gasteiger partial charge in [-0.25, -0.2) is 0 Å². The minimum absolute atomic E-state index is 0.102. The first-order valence-corrected chi connectivity index (χ1v) is 7.11. The number of aryl methyl sites for hydroxylation is 1. The van der Waals surface area contributed by atoms with Gasteiger partial charge in [0.15, 0.2) is 6.10 Å². The Bertz CT molecular complexity index is 456. The van der Waals surface area contributed by atoms with E-state index in [1.807, 2.05) is 32.0 Å². The highest BCUT2D eigenvalue weighted by Gasteiger charge is 2.17. The van der Waals surface area contributed by atoms with Gasteiger partial charge < -0.3 is 15.8 Å². The average molecular weight is 278 g/mol. The minimum atomic E-state index is -0.533. The van der Waals surface area contributed by atoms with E-state index in [-0.39, 0.29) is 11.9 Å². The molecule has 0 aliphatic heterocycles. The molecule has 4 nitrogen and oxygen atoms in total. The summed E-state index contributed by atoms with van der Waals surface area (Å²) in [6.45, 7) is 10.4. The summed E-state index contributed by atoms with van der Waals surface area (Å²) in [6, 6.07) is 5.70. The zero-order chi connectivity index (χ0) is 15.3. The van der Waals surface area contributed by atoms with Crippen LogP contribution in [0.3, 0.4) is 0 Å². The Morgan fingerprint density at radius 3 is 2.50 bits per heavy atom. The predicted molar refractivity (Wildman–Crippen MR) is 81.7 cm³/mol. The van der Waals surface area contributed by atoms with Gasteiger partial charge in [-0.3, -0.25) is 4.79 Å². The Morgan fingerprint density at radius 2 is 1.95 bits per heavy atom. The van der Waals surface area contributed by atoms with Crippen LogP contribution in [0.25, 0.3) is 0 Å². The van der Waals surface area contributed by atoms with Gasteiger partial charge in [0, 0.05) is 18.2 Å². The van der Waals surface area contributed by atoms with Gasteiger partial charge in [0.25, 0.3) is 5.91 Å². The Morgan fingerprint density at radius 1 is 1.30 bits per heavy atom. The smallest absolute Gasteiger partial charge is 0.260 e. The molecule has 0 radical (unpaired) electrons. The highest BCUT2D eigenvalue weighted by atomic mass is 16.5. The number of carbonyl (C=O) groups excluding carboxylic acids is 1. The van der Waals surface area contributed by atoms with E-state index in [9.17, 15) is 4.79 Å². The quantitative estimate of drug-likeness (QED) is 0.840. The van der Waals surface area contributed by atoms with Crippen molar-refractivity contribution in [3.63, 3.8) is 0 Å². The molecule has 20 heavy (non-hydrogen) atoms. The second-order valence-electron chi connectivity index (χ2n) is 5.73. The average Bonchev–Trinajstić information content (AvgIpc) is 2.37. The molecule has 1 aromatic rings. The second-order valence-corrected chi connectivity index (χ2v) is 5.73. The monoisotopic (exact) mass is 278 g/mol. The normalized spacial score (nSPS) is 13.9. The molecule has 0 spiro atoms. The van der Waals surface area contributed by atoms with Crippen LogP contribution in [0.4, 0.5) is 0 Å². The Hall–Kier alpha value is -1.55. The van der Waals surface area contributed by atoms with Gasteiger partial charge >= 0.3 is 0 Å². The molecule has 4 heteroatoms. The number of rotatable bonds is 6. The van der Waals surface area contributed by atoms with Crippen LogP contribution in [0, 0.1) is 12.8 Å². The van der Waals surface area contributed by atoms with E-state index < -0.39 is 6.10 Å². The lowest BCUT2D eigenvalue weighted by molar-refractivity contribution is -0.127. The number of ether oxygens (including phenoxy) is 1. The molecular formula is C16H26N2O2. The Labute approximate surface area is 121 Å². The molecule has 0 bridgehead atoms. The van der Waals surface area contributed by atoms with E-state index in [1.54, 1.807) is 6.92 Å². The van der Waals surface area contributed by atoms with Crippen LogP contribution in [0.1, 0.15) is 44.9 Å². The summed E-state index contributed by atoms with van der Waals surface area (Å²) < 4.78 is 5.76. The van der Waals surface area contributed by atoms with Crippen molar-refractivity contribution in [1.82, 2.24) is 5.32 Å². The topological polar surface area (TPSA) is 64.3 Å². The van der Waals surface area contributed by atoms with Gasteiger partial charge in [-0.15, -0.1) is 0 Å². The first-order valence-electron chi connectivity index (χ1n) is 7.11. The van der Waals surface area contributed by atoms with Crippen molar-refractivity contribution in [2.75, 3.05) is 6.54 Å². The molecule has 1 unspecified atom stereocenters. The van der Waals surface area contributed by atoms with E-state index in [4.69, 9.17) is 10.5 Å². The lowest BCUT2D eigenvalue weighted by Crippen LogP contribution is -2.38. The summed E-state index contributed by atoms with van der Waals surface area (Å²) in [5, 5.41) is 2.87. The molecule has 0 saturated heterocycles. The third kappa shape index (κ3) is 4.85. The standard InChI is InChI=1S/C16H26N2O2/c1-10(2)9-18-16(19)13(5)20-15-7-6-11(3)8-14(15)12(4)17/h6-8,10,12-13H,9,17H2,1-5H3,(H,18,19)/t12-,13?/m0/s1. The summed E-state index contributed by atoms with van der Waals surface area (Å²) in [6.07, 6.45) is -0.533. The van der Waals surface area contributed by atoms with Gasteiger partial charge in [-0.05, 0) is 32.8 Å². The van der Waals surface area contributed by atoms with Crippen LogP contribution in [0.15, 0.2) is 18.2 Å². The van der Waals surface area contributed by atoms with Gasteiger partial charge in [-0.2, -0.15) is 0 Å². The number of amides is 1. The van der Waals surface area contributed by atoms with Crippen LogP contribution in [-0.4, -0.2) is 18.6 Å². The van der Waals surface area contributed by atoms with E-state index in [1.165, 1.54) is 0 Å².